The first kappa shape index (κ1) is 18.3. The fourth-order valence-corrected chi connectivity index (χ4v) is 2.78. The van der Waals surface area contributed by atoms with Crippen molar-refractivity contribution >= 4 is 21.8 Å². The van der Waals surface area contributed by atoms with Gasteiger partial charge in [-0.05, 0) is 71.6 Å². The number of aryl methyl sites for hydroxylation is 1. The van der Waals surface area contributed by atoms with Crippen molar-refractivity contribution in [2.45, 2.75) is 25.8 Å². The Morgan fingerprint density at radius 2 is 1.71 bits per heavy atom. The highest BCUT2D eigenvalue weighted by molar-refractivity contribution is 9.10. The molecule has 0 saturated heterocycles. The molecule has 2 aromatic carbocycles. The van der Waals surface area contributed by atoms with Gasteiger partial charge in [-0.15, -0.1) is 0 Å². The SMILES string of the molecule is COc1ccc(CCC(C)NC(=O)c2cc(OC)ccc2Br)cc1. The second kappa shape index (κ2) is 8.73. The molecule has 0 aliphatic heterocycles. The molecule has 0 spiro atoms. The molecule has 0 heterocycles. The van der Waals surface area contributed by atoms with E-state index in [0.717, 1.165) is 23.1 Å². The van der Waals surface area contributed by atoms with Gasteiger partial charge < -0.3 is 14.8 Å². The van der Waals surface area contributed by atoms with Gasteiger partial charge in [-0.2, -0.15) is 0 Å². The van der Waals surface area contributed by atoms with Crippen LogP contribution in [0.1, 0.15) is 29.3 Å². The Morgan fingerprint density at radius 1 is 1.08 bits per heavy atom. The highest BCUT2D eigenvalue weighted by atomic mass is 79.9. The van der Waals surface area contributed by atoms with Gasteiger partial charge in [0, 0.05) is 10.5 Å². The Balaban J connectivity index is 1.91. The minimum atomic E-state index is -0.108. The van der Waals surface area contributed by atoms with E-state index < -0.39 is 0 Å². The largest absolute Gasteiger partial charge is 0.497 e. The first-order valence-corrected chi connectivity index (χ1v) is 8.60. The van der Waals surface area contributed by atoms with Crippen LogP contribution < -0.4 is 14.8 Å². The van der Waals surface area contributed by atoms with Crippen LogP contribution >= 0.6 is 15.9 Å². The first-order chi connectivity index (χ1) is 11.5. The molecule has 2 rings (SSSR count). The maximum Gasteiger partial charge on any atom is 0.252 e. The van der Waals surface area contributed by atoms with Crippen LogP contribution in [0.3, 0.4) is 0 Å². The Hall–Kier alpha value is -2.01. The highest BCUT2D eigenvalue weighted by Gasteiger charge is 2.14. The van der Waals surface area contributed by atoms with Gasteiger partial charge in [-0.1, -0.05) is 12.1 Å². The van der Waals surface area contributed by atoms with E-state index in [2.05, 4.69) is 21.2 Å². The molecule has 5 heteroatoms. The molecule has 0 fully saturated rings. The van der Waals surface area contributed by atoms with Crippen LogP contribution in [0.5, 0.6) is 11.5 Å². The zero-order valence-corrected chi connectivity index (χ0v) is 15.7. The lowest BCUT2D eigenvalue weighted by Crippen LogP contribution is -2.33. The summed E-state index contributed by atoms with van der Waals surface area (Å²) < 4.78 is 11.1. The number of carbonyl (C=O) groups excluding carboxylic acids is 1. The van der Waals surface area contributed by atoms with Crippen molar-refractivity contribution in [2.75, 3.05) is 14.2 Å². The number of benzene rings is 2. The zero-order chi connectivity index (χ0) is 17.5. The van der Waals surface area contributed by atoms with Crippen LogP contribution in [0, 0.1) is 0 Å². The van der Waals surface area contributed by atoms with Gasteiger partial charge in [0.25, 0.3) is 5.91 Å². The molecule has 4 nitrogen and oxygen atoms in total. The van der Waals surface area contributed by atoms with Gasteiger partial charge in [0.05, 0.1) is 19.8 Å². The zero-order valence-electron chi connectivity index (χ0n) is 14.1. The molecule has 128 valence electrons. The lowest BCUT2D eigenvalue weighted by Gasteiger charge is -2.15. The van der Waals surface area contributed by atoms with Crippen LogP contribution in [0.4, 0.5) is 0 Å². The third-order valence-electron chi connectivity index (χ3n) is 3.82. The lowest BCUT2D eigenvalue weighted by molar-refractivity contribution is 0.0937. The fourth-order valence-electron chi connectivity index (χ4n) is 2.35. The van der Waals surface area contributed by atoms with Crippen molar-refractivity contribution in [1.29, 1.82) is 0 Å². The molecule has 0 aliphatic carbocycles. The normalized spacial score (nSPS) is 11.7. The summed E-state index contributed by atoms with van der Waals surface area (Å²) in [5.74, 6) is 1.40. The molecule has 0 aromatic heterocycles. The number of amides is 1. The van der Waals surface area contributed by atoms with E-state index in [-0.39, 0.29) is 11.9 Å². The summed E-state index contributed by atoms with van der Waals surface area (Å²) in [6.07, 6.45) is 1.75. The summed E-state index contributed by atoms with van der Waals surface area (Å²) in [6, 6.07) is 13.4. The smallest absolute Gasteiger partial charge is 0.252 e. The number of rotatable bonds is 7. The van der Waals surface area contributed by atoms with Crippen molar-refractivity contribution in [3.05, 3.63) is 58.1 Å². The van der Waals surface area contributed by atoms with E-state index in [9.17, 15) is 4.79 Å². The summed E-state index contributed by atoms with van der Waals surface area (Å²) in [6.45, 7) is 2.01. The number of ether oxygens (including phenoxy) is 2. The topological polar surface area (TPSA) is 47.6 Å². The number of carbonyl (C=O) groups is 1. The van der Waals surface area contributed by atoms with E-state index in [1.54, 1.807) is 20.3 Å². The van der Waals surface area contributed by atoms with Gasteiger partial charge in [0.1, 0.15) is 11.5 Å². The lowest BCUT2D eigenvalue weighted by atomic mass is 10.1. The van der Waals surface area contributed by atoms with Crippen molar-refractivity contribution < 1.29 is 14.3 Å². The van der Waals surface area contributed by atoms with Crippen LogP contribution in [0.25, 0.3) is 0 Å². The Labute approximate surface area is 151 Å². The van der Waals surface area contributed by atoms with Gasteiger partial charge in [-0.25, -0.2) is 0 Å². The number of hydrogen-bond donors (Lipinski definition) is 1. The predicted octanol–water partition coefficient (Wildman–Crippen LogP) is 4.22. The average molecular weight is 392 g/mol. The van der Waals surface area contributed by atoms with Crippen LogP contribution in [-0.4, -0.2) is 26.2 Å². The van der Waals surface area contributed by atoms with Gasteiger partial charge in [0.15, 0.2) is 0 Å². The molecule has 1 N–H and O–H groups in total. The summed E-state index contributed by atoms with van der Waals surface area (Å²) in [5.41, 5.74) is 1.80. The van der Waals surface area contributed by atoms with Gasteiger partial charge in [0.2, 0.25) is 0 Å². The van der Waals surface area contributed by atoms with E-state index in [0.29, 0.717) is 11.3 Å². The molecule has 24 heavy (non-hydrogen) atoms. The van der Waals surface area contributed by atoms with Crippen molar-refractivity contribution in [3.63, 3.8) is 0 Å². The standard InChI is InChI=1S/C19H22BrNO3/c1-13(4-5-14-6-8-15(23-2)9-7-14)21-19(22)17-12-16(24-3)10-11-18(17)20/h6-13H,4-5H2,1-3H3,(H,21,22). The fraction of sp³-hybridized carbons (Fsp3) is 0.316. The highest BCUT2D eigenvalue weighted by Crippen LogP contribution is 2.22. The number of nitrogens with one attached hydrogen (secondary N) is 1. The van der Waals surface area contributed by atoms with E-state index in [1.165, 1.54) is 5.56 Å². The summed E-state index contributed by atoms with van der Waals surface area (Å²) >= 11 is 3.41. The molecule has 0 radical (unpaired) electrons. The Kier molecular flexibility index (Phi) is 6.67. The third kappa shape index (κ3) is 4.99. The van der Waals surface area contributed by atoms with Crippen LogP contribution in [-0.2, 0) is 6.42 Å². The minimum absolute atomic E-state index is 0.0673. The van der Waals surface area contributed by atoms with Gasteiger partial charge >= 0.3 is 0 Å². The molecular weight excluding hydrogens is 370 g/mol. The van der Waals surface area contributed by atoms with E-state index >= 15 is 0 Å². The monoisotopic (exact) mass is 391 g/mol. The van der Waals surface area contributed by atoms with E-state index in [4.69, 9.17) is 9.47 Å². The Morgan fingerprint density at radius 3 is 2.33 bits per heavy atom. The van der Waals surface area contributed by atoms with Crippen molar-refractivity contribution in [1.82, 2.24) is 5.32 Å². The predicted molar refractivity (Wildman–Crippen MR) is 98.9 cm³/mol. The molecule has 2 aromatic rings. The molecular formula is C19H22BrNO3. The maximum absolute atomic E-state index is 12.4. The second-order valence-electron chi connectivity index (χ2n) is 5.61. The molecule has 1 unspecified atom stereocenters. The third-order valence-corrected chi connectivity index (χ3v) is 4.51. The average Bonchev–Trinajstić information content (AvgIpc) is 2.60. The molecule has 0 saturated carbocycles. The first-order valence-electron chi connectivity index (χ1n) is 7.81. The van der Waals surface area contributed by atoms with Crippen molar-refractivity contribution in [3.8, 4) is 11.5 Å². The summed E-state index contributed by atoms with van der Waals surface area (Å²) in [5, 5.41) is 3.03. The summed E-state index contributed by atoms with van der Waals surface area (Å²) in [7, 11) is 3.24. The number of halogens is 1. The maximum atomic E-state index is 12.4. The van der Waals surface area contributed by atoms with Crippen LogP contribution in [0.15, 0.2) is 46.9 Å². The molecule has 1 atom stereocenters. The number of methoxy groups -OCH3 is 2. The van der Waals surface area contributed by atoms with Crippen LogP contribution in [0.2, 0.25) is 0 Å². The Bertz CT molecular complexity index is 686. The molecule has 0 bridgehead atoms. The number of hydrogen-bond acceptors (Lipinski definition) is 3. The second-order valence-corrected chi connectivity index (χ2v) is 6.46. The van der Waals surface area contributed by atoms with Crippen molar-refractivity contribution in [2.24, 2.45) is 0 Å². The minimum Gasteiger partial charge on any atom is -0.497 e. The van der Waals surface area contributed by atoms with E-state index in [1.807, 2.05) is 43.3 Å². The quantitative estimate of drug-likeness (QED) is 0.768. The summed E-state index contributed by atoms with van der Waals surface area (Å²) in [4.78, 5) is 12.4. The molecule has 0 aliphatic rings. The van der Waals surface area contributed by atoms with Gasteiger partial charge in [-0.3, -0.25) is 4.79 Å². The molecule has 1 amide bonds.